The van der Waals surface area contributed by atoms with Gasteiger partial charge in [-0.1, -0.05) is 29.8 Å². The maximum absolute atomic E-state index is 11.7. The van der Waals surface area contributed by atoms with Crippen molar-refractivity contribution >= 4 is 5.91 Å². The Balaban J connectivity index is 2.23. The predicted octanol–water partition coefficient (Wildman–Crippen LogP) is 1.89. The number of hydrogen-bond donors (Lipinski definition) is 2. The molecule has 3 heteroatoms. The summed E-state index contributed by atoms with van der Waals surface area (Å²) in [6.45, 7) is 6.26. The summed E-state index contributed by atoms with van der Waals surface area (Å²) in [4.78, 5) is 11.7. The highest BCUT2D eigenvalue weighted by Crippen LogP contribution is 2.02. The molecule has 0 saturated heterocycles. The zero-order valence-corrected chi connectivity index (χ0v) is 10.5. The minimum Gasteiger partial charge on any atom is -0.351 e. The number of carbonyl (C=O) groups is 1. The van der Waals surface area contributed by atoms with Crippen LogP contribution in [0.4, 0.5) is 0 Å². The fourth-order valence-corrected chi connectivity index (χ4v) is 1.37. The van der Waals surface area contributed by atoms with E-state index in [1.165, 1.54) is 0 Å². The standard InChI is InChI=1S/C14H20N2O/c1-3-4-9-15-10-11-16-14(17)13-7-5-12(2)6-8-13/h3-8,15H,9-11H2,1-2H3,(H,16,17)/b4-3+. The van der Waals surface area contributed by atoms with Crippen molar-refractivity contribution in [3.8, 4) is 0 Å². The Kier molecular flexibility index (Phi) is 6.04. The average molecular weight is 232 g/mol. The van der Waals surface area contributed by atoms with Crippen molar-refractivity contribution in [3.05, 3.63) is 47.5 Å². The fraction of sp³-hybridized carbons (Fsp3) is 0.357. The summed E-state index contributed by atoms with van der Waals surface area (Å²) in [6.07, 6.45) is 4.04. The monoisotopic (exact) mass is 232 g/mol. The van der Waals surface area contributed by atoms with Gasteiger partial charge in [-0.25, -0.2) is 0 Å². The summed E-state index contributed by atoms with van der Waals surface area (Å²) in [6, 6.07) is 7.58. The first-order valence-electron chi connectivity index (χ1n) is 5.91. The highest BCUT2D eigenvalue weighted by Gasteiger charge is 2.02. The third kappa shape index (κ3) is 5.31. The molecule has 0 heterocycles. The van der Waals surface area contributed by atoms with Crippen LogP contribution in [0.3, 0.4) is 0 Å². The molecule has 0 saturated carbocycles. The van der Waals surface area contributed by atoms with Crippen LogP contribution in [-0.4, -0.2) is 25.5 Å². The van der Waals surface area contributed by atoms with E-state index < -0.39 is 0 Å². The molecule has 0 unspecified atom stereocenters. The zero-order valence-electron chi connectivity index (χ0n) is 10.5. The Morgan fingerprint density at radius 1 is 1.24 bits per heavy atom. The van der Waals surface area contributed by atoms with Gasteiger partial charge in [0, 0.05) is 25.2 Å². The number of carbonyl (C=O) groups excluding carboxylic acids is 1. The van der Waals surface area contributed by atoms with Gasteiger partial charge < -0.3 is 10.6 Å². The van der Waals surface area contributed by atoms with Crippen LogP contribution in [0.25, 0.3) is 0 Å². The molecule has 1 aromatic rings. The van der Waals surface area contributed by atoms with Crippen LogP contribution in [0, 0.1) is 6.92 Å². The summed E-state index contributed by atoms with van der Waals surface area (Å²) in [5.74, 6) is -0.0159. The van der Waals surface area contributed by atoms with Crippen LogP contribution in [0.2, 0.25) is 0 Å². The summed E-state index contributed by atoms with van der Waals surface area (Å²) in [5, 5.41) is 6.07. The van der Waals surface area contributed by atoms with Crippen molar-refractivity contribution in [1.82, 2.24) is 10.6 Å². The lowest BCUT2D eigenvalue weighted by Crippen LogP contribution is -2.31. The van der Waals surface area contributed by atoms with Gasteiger partial charge in [-0.05, 0) is 26.0 Å². The quantitative estimate of drug-likeness (QED) is 0.581. The molecule has 92 valence electrons. The van der Waals surface area contributed by atoms with E-state index in [4.69, 9.17) is 0 Å². The van der Waals surface area contributed by atoms with E-state index in [1.807, 2.05) is 50.3 Å². The molecule has 1 rings (SSSR count). The Labute approximate surface area is 103 Å². The molecular weight excluding hydrogens is 212 g/mol. The lowest BCUT2D eigenvalue weighted by atomic mass is 10.1. The van der Waals surface area contributed by atoms with Crippen molar-refractivity contribution in [2.75, 3.05) is 19.6 Å². The Bertz CT molecular complexity index is 368. The van der Waals surface area contributed by atoms with E-state index in [2.05, 4.69) is 10.6 Å². The molecule has 0 aliphatic heterocycles. The molecule has 0 spiro atoms. The molecular formula is C14H20N2O. The fourth-order valence-electron chi connectivity index (χ4n) is 1.37. The zero-order chi connectivity index (χ0) is 12.5. The molecule has 0 radical (unpaired) electrons. The van der Waals surface area contributed by atoms with Gasteiger partial charge in [0.25, 0.3) is 5.91 Å². The molecule has 0 fully saturated rings. The van der Waals surface area contributed by atoms with Gasteiger partial charge in [0.15, 0.2) is 0 Å². The van der Waals surface area contributed by atoms with E-state index >= 15 is 0 Å². The largest absolute Gasteiger partial charge is 0.351 e. The SMILES string of the molecule is C/C=C/CNCCNC(=O)c1ccc(C)cc1. The third-order valence-corrected chi connectivity index (χ3v) is 2.40. The normalized spacial score (nSPS) is 10.7. The van der Waals surface area contributed by atoms with Gasteiger partial charge in [0.1, 0.15) is 0 Å². The Morgan fingerprint density at radius 2 is 1.94 bits per heavy atom. The van der Waals surface area contributed by atoms with Crippen LogP contribution >= 0.6 is 0 Å². The number of rotatable bonds is 6. The second-order valence-corrected chi connectivity index (χ2v) is 3.90. The van der Waals surface area contributed by atoms with Crippen LogP contribution in [0.1, 0.15) is 22.8 Å². The highest BCUT2D eigenvalue weighted by atomic mass is 16.1. The Hall–Kier alpha value is -1.61. The number of benzene rings is 1. The number of allylic oxidation sites excluding steroid dienone is 1. The number of amides is 1. The van der Waals surface area contributed by atoms with Crippen molar-refractivity contribution in [2.24, 2.45) is 0 Å². The van der Waals surface area contributed by atoms with Crippen molar-refractivity contribution in [2.45, 2.75) is 13.8 Å². The summed E-state index contributed by atoms with van der Waals surface area (Å²) < 4.78 is 0. The predicted molar refractivity (Wildman–Crippen MR) is 71.2 cm³/mol. The molecule has 1 amide bonds. The average Bonchev–Trinajstić information content (AvgIpc) is 2.34. The molecule has 2 N–H and O–H groups in total. The third-order valence-electron chi connectivity index (χ3n) is 2.40. The summed E-state index contributed by atoms with van der Waals surface area (Å²) in [5.41, 5.74) is 1.87. The van der Waals surface area contributed by atoms with Gasteiger partial charge in [0.05, 0.1) is 0 Å². The van der Waals surface area contributed by atoms with E-state index in [1.54, 1.807) is 0 Å². The highest BCUT2D eigenvalue weighted by molar-refractivity contribution is 5.94. The van der Waals surface area contributed by atoms with Crippen LogP contribution < -0.4 is 10.6 Å². The van der Waals surface area contributed by atoms with Gasteiger partial charge in [0.2, 0.25) is 0 Å². The number of nitrogens with one attached hydrogen (secondary N) is 2. The molecule has 0 aliphatic carbocycles. The minimum absolute atomic E-state index is 0.0159. The van der Waals surface area contributed by atoms with Gasteiger partial charge in [-0.15, -0.1) is 0 Å². The van der Waals surface area contributed by atoms with E-state index in [0.29, 0.717) is 12.1 Å². The van der Waals surface area contributed by atoms with E-state index in [-0.39, 0.29) is 5.91 Å². The maximum atomic E-state index is 11.7. The molecule has 0 aliphatic rings. The van der Waals surface area contributed by atoms with Crippen LogP contribution in [0.15, 0.2) is 36.4 Å². The summed E-state index contributed by atoms with van der Waals surface area (Å²) in [7, 11) is 0. The van der Waals surface area contributed by atoms with Crippen molar-refractivity contribution in [1.29, 1.82) is 0 Å². The molecule has 0 atom stereocenters. The molecule has 17 heavy (non-hydrogen) atoms. The van der Waals surface area contributed by atoms with Gasteiger partial charge >= 0.3 is 0 Å². The first-order chi connectivity index (χ1) is 8.24. The lowest BCUT2D eigenvalue weighted by Gasteiger charge is -2.05. The van der Waals surface area contributed by atoms with E-state index in [9.17, 15) is 4.79 Å². The van der Waals surface area contributed by atoms with Crippen LogP contribution in [-0.2, 0) is 0 Å². The second kappa shape index (κ2) is 7.63. The number of aryl methyl sites for hydroxylation is 1. The molecule has 1 aromatic carbocycles. The maximum Gasteiger partial charge on any atom is 0.251 e. The first kappa shape index (κ1) is 13.5. The number of hydrogen-bond acceptors (Lipinski definition) is 2. The van der Waals surface area contributed by atoms with Crippen molar-refractivity contribution in [3.63, 3.8) is 0 Å². The second-order valence-electron chi connectivity index (χ2n) is 3.90. The molecule has 3 nitrogen and oxygen atoms in total. The van der Waals surface area contributed by atoms with Crippen LogP contribution in [0.5, 0.6) is 0 Å². The molecule has 0 bridgehead atoms. The smallest absolute Gasteiger partial charge is 0.251 e. The van der Waals surface area contributed by atoms with Gasteiger partial charge in [-0.3, -0.25) is 4.79 Å². The topological polar surface area (TPSA) is 41.1 Å². The Morgan fingerprint density at radius 3 is 2.59 bits per heavy atom. The van der Waals surface area contributed by atoms with E-state index in [0.717, 1.165) is 18.7 Å². The minimum atomic E-state index is -0.0159. The summed E-state index contributed by atoms with van der Waals surface area (Å²) >= 11 is 0. The lowest BCUT2D eigenvalue weighted by molar-refractivity contribution is 0.0954. The molecule has 0 aromatic heterocycles. The van der Waals surface area contributed by atoms with Crippen molar-refractivity contribution < 1.29 is 4.79 Å². The first-order valence-corrected chi connectivity index (χ1v) is 5.91. The van der Waals surface area contributed by atoms with Gasteiger partial charge in [-0.2, -0.15) is 0 Å².